The molecule has 0 aromatic heterocycles. The van der Waals surface area contributed by atoms with Crippen LogP contribution in [0.3, 0.4) is 0 Å². The molecule has 3 aromatic carbocycles. The molecule has 1 saturated heterocycles. The van der Waals surface area contributed by atoms with Gasteiger partial charge in [-0.25, -0.2) is 17.6 Å². The third-order valence-electron chi connectivity index (χ3n) is 8.81. The molecule has 2 heterocycles. The van der Waals surface area contributed by atoms with Gasteiger partial charge in [0, 0.05) is 35.6 Å². The standard InChI is InChI=1S/C31H29ClFN3O6S/c32-25-4-2-1-3-21(25)18-34-28(37)20-7-12-26-24(17-20)31(13-15-35(16-14-31)29(38)30(39)40)27(19-5-6-19)36(26)43(41,42)23-10-8-22(33)9-11-23/h1-4,7-12,17,19,27H,5-6,13-16,18H2,(H,34,37)(H,39,40). The molecule has 224 valence electrons. The summed E-state index contributed by atoms with van der Waals surface area (Å²) in [4.78, 5) is 38.3. The summed E-state index contributed by atoms with van der Waals surface area (Å²) in [6.07, 6.45) is 2.25. The highest BCUT2D eigenvalue weighted by molar-refractivity contribution is 7.92. The molecule has 1 saturated carbocycles. The van der Waals surface area contributed by atoms with E-state index < -0.39 is 39.2 Å². The number of hydrogen-bond acceptors (Lipinski definition) is 5. The Bertz CT molecular complexity index is 1720. The summed E-state index contributed by atoms with van der Waals surface area (Å²) >= 11 is 6.25. The molecule has 6 rings (SSSR count). The summed E-state index contributed by atoms with van der Waals surface area (Å²) < 4.78 is 43.6. The molecule has 12 heteroatoms. The molecule has 2 fully saturated rings. The molecule has 43 heavy (non-hydrogen) atoms. The zero-order valence-corrected chi connectivity index (χ0v) is 24.6. The van der Waals surface area contributed by atoms with Crippen molar-refractivity contribution in [3.05, 3.63) is 94.3 Å². The Hall–Kier alpha value is -3.96. The van der Waals surface area contributed by atoms with Crippen molar-refractivity contribution in [3.63, 3.8) is 0 Å². The number of nitrogens with zero attached hydrogens (tertiary/aromatic N) is 2. The van der Waals surface area contributed by atoms with E-state index in [2.05, 4.69) is 5.32 Å². The van der Waals surface area contributed by atoms with Crippen LogP contribution >= 0.6 is 11.6 Å². The minimum Gasteiger partial charge on any atom is -0.474 e. The van der Waals surface area contributed by atoms with Gasteiger partial charge in [-0.15, -0.1) is 0 Å². The fraction of sp³-hybridized carbons (Fsp3) is 0.323. The SMILES string of the molecule is O=C(O)C(=O)N1CCC2(CC1)c1cc(C(=O)NCc3ccccc3Cl)ccc1N(S(=O)(=O)c1ccc(F)cc1)C2C1CC1. The highest BCUT2D eigenvalue weighted by Crippen LogP contribution is 2.59. The number of carboxylic acid groups (broad SMARTS) is 1. The molecule has 1 aliphatic carbocycles. The number of anilines is 1. The first-order chi connectivity index (χ1) is 20.5. The maximum atomic E-state index is 14.2. The zero-order valence-electron chi connectivity index (χ0n) is 23.0. The van der Waals surface area contributed by atoms with E-state index in [1.807, 2.05) is 12.1 Å². The minimum atomic E-state index is -4.15. The van der Waals surface area contributed by atoms with Crippen LogP contribution in [0, 0.1) is 11.7 Å². The van der Waals surface area contributed by atoms with Crippen molar-refractivity contribution in [1.82, 2.24) is 10.2 Å². The molecule has 2 N–H and O–H groups in total. The van der Waals surface area contributed by atoms with E-state index in [-0.39, 0.29) is 36.4 Å². The summed E-state index contributed by atoms with van der Waals surface area (Å²) in [5, 5.41) is 12.7. The highest BCUT2D eigenvalue weighted by atomic mass is 35.5. The maximum absolute atomic E-state index is 14.2. The summed E-state index contributed by atoms with van der Waals surface area (Å²) in [6.45, 7) is 0.449. The molecule has 0 radical (unpaired) electrons. The lowest BCUT2D eigenvalue weighted by molar-refractivity contribution is -0.156. The molecule has 3 aromatic rings. The fourth-order valence-corrected chi connectivity index (χ4v) is 8.58. The second-order valence-electron chi connectivity index (χ2n) is 11.3. The van der Waals surface area contributed by atoms with Crippen LogP contribution in [0.1, 0.15) is 47.2 Å². The Labute approximate surface area is 253 Å². The lowest BCUT2D eigenvalue weighted by Crippen LogP contribution is -2.55. The van der Waals surface area contributed by atoms with Gasteiger partial charge >= 0.3 is 11.9 Å². The smallest absolute Gasteiger partial charge is 0.394 e. The maximum Gasteiger partial charge on any atom is 0.394 e. The molecule has 0 bridgehead atoms. The van der Waals surface area contributed by atoms with Crippen molar-refractivity contribution in [2.24, 2.45) is 5.92 Å². The minimum absolute atomic E-state index is 0.0295. The quantitative estimate of drug-likeness (QED) is 0.393. The number of carboxylic acids is 1. The van der Waals surface area contributed by atoms with Crippen LogP contribution in [0.25, 0.3) is 0 Å². The van der Waals surface area contributed by atoms with Gasteiger partial charge in [0.15, 0.2) is 0 Å². The van der Waals surface area contributed by atoms with Crippen LogP contribution in [-0.2, 0) is 31.6 Å². The number of benzene rings is 3. The normalized spacial score (nSPS) is 19.3. The molecule has 1 spiro atoms. The molecular formula is C31H29ClFN3O6S. The summed E-state index contributed by atoms with van der Waals surface area (Å²) in [5.41, 5.74) is 1.42. The number of likely N-dealkylation sites (tertiary alicyclic amines) is 1. The van der Waals surface area contributed by atoms with Crippen LogP contribution in [0.15, 0.2) is 71.6 Å². The number of amides is 2. The van der Waals surface area contributed by atoms with E-state index >= 15 is 0 Å². The van der Waals surface area contributed by atoms with Gasteiger partial charge in [-0.1, -0.05) is 29.8 Å². The lowest BCUT2D eigenvalue weighted by Gasteiger charge is -2.44. The summed E-state index contributed by atoms with van der Waals surface area (Å²) in [5.74, 6) is -3.43. The van der Waals surface area contributed by atoms with E-state index in [9.17, 15) is 32.3 Å². The molecular weight excluding hydrogens is 597 g/mol. The number of aliphatic carboxylic acids is 1. The highest BCUT2D eigenvalue weighted by Gasteiger charge is 2.60. The number of rotatable bonds is 6. The van der Waals surface area contributed by atoms with Crippen molar-refractivity contribution in [1.29, 1.82) is 0 Å². The lowest BCUT2D eigenvalue weighted by atomic mass is 9.68. The van der Waals surface area contributed by atoms with Gasteiger partial charge in [-0.3, -0.25) is 13.9 Å². The number of nitrogens with one attached hydrogen (secondary N) is 1. The first kappa shape index (κ1) is 29.1. The Kier molecular flexibility index (Phi) is 7.42. The van der Waals surface area contributed by atoms with Gasteiger partial charge in [-0.2, -0.15) is 0 Å². The molecule has 2 aliphatic heterocycles. The van der Waals surface area contributed by atoms with Crippen LogP contribution in [0.4, 0.5) is 10.1 Å². The number of piperidine rings is 1. The van der Waals surface area contributed by atoms with E-state index in [1.165, 1.54) is 21.3 Å². The van der Waals surface area contributed by atoms with Gasteiger partial charge < -0.3 is 15.3 Å². The van der Waals surface area contributed by atoms with Crippen molar-refractivity contribution in [3.8, 4) is 0 Å². The molecule has 1 atom stereocenters. The predicted octanol–water partition coefficient (Wildman–Crippen LogP) is 4.34. The van der Waals surface area contributed by atoms with E-state index in [1.54, 1.807) is 30.3 Å². The summed E-state index contributed by atoms with van der Waals surface area (Å²) in [6, 6.07) is 16.3. The van der Waals surface area contributed by atoms with Crippen molar-refractivity contribution < 1.29 is 32.3 Å². The molecule has 3 aliphatic rings. The van der Waals surface area contributed by atoms with Gasteiger partial charge in [0.25, 0.3) is 15.9 Å². The van der Waals surface area contributed by atoms with Gasteiger partial charge in [-0.05, 0) is 91.3 Å². The zero-order chi connectivity index (χ0) is 30.5. The second-order valence-corrected chi connectivity index (χ2v) is 13.5. The first-order valence-electron chi connectivity index (χ1n) is 14.0. The average molecular weight is 626 g/mol. The van der Waals surface area contributed by atoms with Crippen molar-refractivity contribution >= 4 is 45.1 Å². The fourth-order valence-electron chi connectivity index (χ4n) is 6.58. The van der Waals surface area contributed by atoms with E-state index in [4.69, 9.17) is 11.6 Å². The van der Waals surface area contributed by atoms with Crippen molar-refractivity contribution in [2.45, 2.75) is 48.6 Å². The van der Waals surface area contributed by atoms with Gasteiger partial charge in [0.05, 0.1) is 16.6 Å². The third-order valence-corrected chi connectivity index (χ3v) is 11.0. The average Bonchev–Trinajstić information content (AvgIpc) is 3.80. The van der Waals surface area contributed by atoms with Crippen LogP contribution in [0.2, 0.25) is 5.02 Å². The molecule has 2 amide bonds. The topological polar surface area (TPSA) is 124 Å². The van der Waals surface area contributed by atoms with Crippen molar-refractivity contribution in [2.75, 3.05) is 17.4 Å². The van der Waals surface area contributed by atoms with Crippen LogP contribution < -0.4 is 9.62 Å². The Morgan fingerprint density at radius 2 is 1.67 bits per heavy atom. The van der Waals surface area contributed by atoms with Gasteiger partial charge in [0.1, 0.15) is 5.82 Å². The Balaban J connectivity index is 1.41. The van der Waals surface area contributed by atoms with E-state index in [0.29, 0.717) is 34.7 Å². The third kappa shape index (κ3) is 5.14. The Morgan fingerprint density at radius 3 is 2.30 bits per heavy atom. The van der Waals surface area contributed by atoms with Gasteiger partial charge in [0.2, 0.25) is 0 Å². The molecule has 1 unspecified atom stereocenters. The number of carbonyl (C=O) groups excluding carboxylic acids is 2. The van der Waals surface area contributed by atoms with Crippen LogP contribution in [-0.4, -0.2) is 55.3 Å². The largest absolute Gasteiger partial charge is 0.474 e. The summed E-state index contributed by atoms with van der Waals surface area (Å²) in [7, 11) is -4.15. The Morgan fingerprint density at radius 1 is 1.00 bits per heavy atom. The number of halogens is 2. The van der Waals surface area contributed by atoms with Crippen LogP contribution in [0.5, 0.6) is 0 Å². The number of hydrogen-bond donors (Lipinski definition) is 2. The number of fused-ring (bicyclic) bond motifs is 2. The number of carbonyl (C=O) groups is 3. The molecule has 9 nitrogen and oxygen atoms in total. The predicted molar refractivity (Wildman–Crippen MR) is 157 cm³/mol. The van der Waals surface area contributed by atoms with E-state index in [0.717, 1.165) is 30.5 Å². The first-order valence-corrected chi connectivity index (χ1v) is 15.8. The monoisotopic (exact) mass is 625 g/mol. The number of sulfonamides is 1. The second kappa shape index (κ2) is 10.9.